The first-order valence-electron chi connectivity index (χ1n) is 7.80. The van der Waals surface area contributed by atoms with Gasteiger partial charge in [-0.3, -0.25) is 0 Å². The topological polar surface area (TPSA) is 42.7 Å². The van der Waals surface area contributed by atoms with E-state index in [-0.39, 0.29) is 5.41 Å². The third-order valence-electron chi connectivity index (χ3n) is 3.66. The van der Waals surface area contributed by atoms with Crippen molar-refractivity contribution in [1.29, 1.82) is 0 Å². The van der Waals surface area contributed by atoms with Crippen molar-refractivity contribution in [2.24, 2.45) is 17.3 Å². The first-order valence-corrected chi connectivity index (χ1v) is 7.80. The van der Waals surface area contributed by atoms with Crippen molar-refractivity contribution in [1.82, 2.24) is 20.1 Å². The first-order chi connectivity index (χ1) is 9.20. The Kier molecular flexibility index (Phi) is 6.18. The molecule has 0 saturated carbocycles. The number of rotatable bonds is 7. The predicted molar refractivity (Wildman–Crippen MR) is 84.6 cm³/mol. The van der Waals surface area contributed by atoms with Crippen molar-refractivity contribution >= 4 is 0 Å². The van der Waals surface area contributed by atoms with Crippen LogP contribution < -0.4 is 5.32 Å². The Bertz CT molecular complexity index is 387. The van der Waals surface area contributed by atoms with Gasteiger partial charge < -0.3 is 5.32 Å². The molecule has 0 aromatic carbocycles. The molecule has 0 saturated heterocycles. The third kappa shape index (κ3) is 5.61. The van der Waals surface area contributed by atoms with E-state index < -0.39 is 0 Å². The molecule has 4 nitrogen and oxygen atoms in total. The maximum Gasteiger partial charge on any atom is 0.138 e. The van der Waals surface area contributed by atoms with Gasteiger partial charge in [-0.15, -0.1) is 0 Å². The Morgan fingerprint density at radius 1 is 1.20 bits per heavy atom. The number of aromatic nitrogens is 3. The Labute approximate surface area is 124 Å². The molecule has 1 atom stereocenters. The smallest absolute Gasteiger partial charge is 0.138 e. The van der Waals surface area contributed by atoms with E-state index in [1.807, 2.05) is 0 Å². The van der Waals surface area contributed by atoms with Gasteiger partial charge in [-0.2, -0.15) is 5.10 Å². The number of nitrogens with one attached hydrogen (secondary N) is 1. The van der Waals surface area contributed by atoms with Crippen LogP contribution in [0.1, 0.15) is 54.3 Å². The van der Waals surface area contributed by atoms with E-state index in [4.69, 9.17) is 0 Å². The van der Waals surface area contributed by atoms with Crippen molar-refractivity contribution in [2.75, 3.05) is 6.54 Å². The van der Waals surface area contributed by atoms with Crippen LogP contribution in [0.25, 0.3) is 0 Å². The minimum atomic E-state index is 0.260. The van der Waals surface area contributed by atoms with Gasteiger partial charge in [0.1, 0.15) is 12.2 Å². The lowest BCUT2D eigenvalue weighted by Crippen LogP contribution is -2.37. The SMILES string of the molecule is CC(C)Cn1ncnc1CC(CNC(C)C)C(C)(C)C. The average Bonchev–Trinajstić information content (AvgIpc) is 2.68. The summed E-state index contributed by atoms with van der Waals surface area (Å²) in [7, 11) is 0. The summed E-state index contributed by atoms with van der Waals surface area (Å²) in [6.45, 7) is 17.7. The molecular weight excluding hydrogens is 248 g/mol. The molecule has 0 amide bonds. The summed E-state index contributed by atoms with van der Waals surface area (Å²) in [6, 6.07) is 0.522. The maximum atomic E-state index is 4.47. The molecule has 1 aromatic rings. The quantitative estimate of drug-likeness (QED) is 0.834. The summed E-state index contributed by atoms with van der Waals surface area (Å²) in [4.78, 5) is 4.47. The van der Waals surface area contributed by atoms with E-state index in [2.05, 4.69) is 68.5 Å². The van der Waals surface area contributed by atoms with Crippen molar-refractivity contribution < 1.29 is 0 Å². The predicted octanol–water partition coefficient (Wildman–Crippen LogP) is 3.14. The minimum absolute atomic E-state index is 0.260. The molecule has 0 aliphatic rings. The van der Waals surface area contributed by atoms with Crippen molar-refractivity contribution in [2.45, 2.75) is 67.5 Å². The fraction of sp³-hybridized carbons (Fsp3) is 0.875. The summed E-state index contributed by atoms with van der Waals surface area (Å²) in [6.07, 6.45) is 2.67. The highest BCUT2D eigenvalue weighted by molar-refractivity contribution is 4.92. The fourth-order valence-corrected chi connectivity index (χ4v) is 2.23. The van der Waals surface area contributed by atoms with Crippen LogP contribution in [0.15, 0.2) is 6.33 Å². The van der Waals surface area contributed by atoms with Crippen molar-refractivity contribution in [3.05, 3.63) is 12.2 Å². The lowest BCUT2D eigenvalue weighted by molar-refractivity contribution is 0.220. The van der Waals surface area contributed by atoms with Crippen molar-refractivity contribution in [3.63, 3.8) is 0 Å². The zero-order chi connectivity index (χ0) is 15.3. The summed E-state index contributed by atoms with van der Waals surface area (Å²) < 4.78 is 2.07. The van der Waals surface area contributed by atoms with Gasteiger partial charge in [0.25, 0.3) is 0 Å². The fourth-order valence-electron chi connectivity index (χ4n) is 2.23. The van der Waals surface area contributed by atoms with Gasteiger partial charge in [-0.05, 0) is 23.8 Å². The second kappa shape index (κ2) is 7.21. The average molecular weight is 280 g/mol. The summed E-state index contributed by atoms with van der Waals surface area (Å²) >= 11 is 0. The number of hydrogen-bond donors (Lipinski definition) is 1. The van der Waals surface area contributed by atoms with Gasteiger partial charge in [-0.25, -0.2) is 9.67 Å². The molecule has 0 aliphatic heterocycles. The van der Waals surface area contributed by atoms with Crippen LogP contribution in [0.4, 0.5) is 0 Å². The maximum absolute atomic E-state index is 4.47. The van der Waals surface area contributed by atoms with Crippen molar-refractivity contribution in [3.8, 4) is 0 Å². The van der Waals surface area contributed by atoms with Gasteiger partial charge >= 0.3 is 0 Å². The molecule has 1 aromatic heterocycles. The van der Waals surface area contributed by atoms with Crippen LogP contribution in [0, 0.1) is 17.3 Å². The molecule has 1 rings (SSSR count). The van der Waals surface area contributed by atoms with Crippen LogP contribution in [0.2, 0.25) is 0 Å². The highest BCUT2D eigenvalue weighted by Crippen LogP contribution is 2.28. The number of nitrogens with zero attached hydrogens (tertiary/aromatic N) is 3. The Morgan fingerprint density at radius 3 is 2.35 bits per heavy atom. The second-order valence-corrected chi connectivity index (χ2v) is 7.58. The molecule has 0 aliphatic carbocycles. The molecular formula is C16H32N4. The van der Waals surface area contributed by atoms with E-state index >= 15 is 0 Å². The monoisotopic (exact) mass is 280 g/mol. The van der Waals surface area contributed by atoms with Gasteiger partial charge in [0.05, 0.1) is 0 Å². The van der Waals surface area contributed by atoms with Crippen LogP contribution in [0.5, 0.6) is 0 Å². The second-order valence-electron chi connectivity index (χ2n) is 7.58. The van der Waals surface area contributed by atoms with Crippen LogP contribution in [-0.2, 0) is 13.0 Å². The molecule has 0 radical (unpaired) electrons. The zero-order valence-corrected chi connectivity index (χ0v) is 14.3. The molecule has 0 spiro atoms. The molecule has 20 heavy (non-hydrogen) atoms. The van der Waals surface area contributed by atoms with Gasteiger partial charge in [0.15, 0.2) is 0 Å². The highest BCUT2D eigenvalue weighted by atomic mass is 15.3. The molecule has 0 bridgehead atoms. The molecule has 4 heteroatoms. The number of hydrogen-bond acceptors (Lipinski definition) is 3. The third-order valence-corrected chi connectivity index (χ3v) is 3.66. The summed E-state index contributed by atoms with van der Waals surface area (Å²) in [5, 5.41) is 7.94. The lowest BCUT2D eigenvalue weighted by Gasteiger charge is -2.31. The van der Waals surface area contributed by atoms with E-state index in [1.165, 1.54) is 0 Å². The Hall–Kier alpha value is -0.900. The largest absolute Gasteiger partial charge is 0.314 e. The standard InChI is InChI=1S/C16H32N4/c1-12(2)10-20-15(18-11-19-20)8-14(16(5,6)7)9-17-13(3)4/h11-14,17H,8-10H2,1-7H3. The minimum Gasteiger partial charge on any atom is -0.314 e. The summed E-state index contributed by atoms with van der Waals surface area (Å²) in [5.41, 5.74) is 0.260. The Morgan fingerprint density at radius 2 is 1.85 bits per heavy atom. The van der Waals surface area contributed by atoms with Gasteiger partial charge in [0.2, 0.25) is 0 Å². The normalized spacial score (nSPS) is 14.2. The molecule has 1 unspecified atom stereocenters. The molecule has 1 heterocycles. The molecule has 1 N–H and O–H groups in total. The van der Waals surface area contributed by atoms with E-state index in [0.29, 0.717) is 17.9 Å². The Balaban J connectivity index is 2.77. The highest BCUT2D eigenvalue weighted by Gasteiger charge is 2.26. The van der Waals surface area contributed by atoms with E-state index in [1.54, 1.807) is 6.33 Å². The summed E-state index contributed by atoms with van der Waals surface area (Å²) in [5.74, 6) is 2.27. The zero-order valence-electron chi connectivity index (χ0n) is 14.3. The van der Waals surface area contributed by atoms with Gasteiger partial charge in [-0.1, -0.05) is 48.5 Å². The lowest BCUT2D eigenvalue weighted by atomic mass is 9.78. The first kappa shape index (κ1) is 17.2. The molecule has 0 fully saturated rings. The van der Waals surface area contributed by atoms with E-state index in [9.17, 15) is 0 Å². The van der Waals surface area contributed by atoms with E-state index in [0.717, 1.165) is 25.3 Å². The van der Waals surface area contributed by atoms with Crippen LogP contribution in [0.3, 0.4) is 0 Å². The van der Waals surface area contributed by atoms with Crippen LogP contribution in [-0.4, -0.2) is 27.4 Å². The van der Waals surface area contributed by atoms with Gasteiger partial charge in [0, 0.05) is 19.0 Å². The molecule has 116 valence electrons. The van der Waals surface area contributed by atoms with Crippen LogP contribution >= 0.6 is 0 Å².